The Bertz CT molecular complexity index is 515. The van der Waals surface area contributed by atoms with Gasteiger partial charge in [0.05, 0.1) is 12.6 Å². The predicted molar refractivity (Wildman–Crippen MR) is 76.1 cm³/mol. The van der Waals surface area contributed by atoms with Gasteiger partial charge in [0.2, 0.25) is 5.91 Å². The number of hydrogen-bond acceptors (Lipinski definition) is 5. The van der Waals surface area contributed by atoms with Crippen LogP contribution in [-0.2, 0) is 14.3 Å². The SMILES string of the molecule is O=C([O-])COCC(=O)N1CCN(c2cccc(Cl)c2)CC1. The van der Waals surface area contributed by atoms with Crippen LogP contribution in [0.25, 0.3) is 0 Å². The summed E-state index contributed by atoms with van der Waals surface area (Å²) in [7, 11) is 0. The van der Waals surface area contributed by atoms with Crippen LogP contribution in [0.15, 0.2) is 24.3 Å². The second kappa shape index (κ2) is 7.28. The summed E-state index contributed by atoms with van der Waals surface area (Å²) in [6, 6.07) is 7.58. The maximum atomic E-state index is 11.8. The van der Waals surface area contributed by atoms with Gasteiger partial charge in [-0.3, -0.25) is 4.79 Å². The molecule has 0 atom stereocenters. The Balaban J connectivity index is 1.80. The number of ether oxygens (including phenoxy) is 1. The summed E-state index contributed by atoms with van der Waals surface area (Å²) in [5.41, 5.74) is 1.03. The van der Waals surface area contributed by atoms with Crippen molar-refractivity contribution in [2.45, 2.75) is 0 Å². The summed E-state index contributed by atoms with van der Waals surface area (Å²) < 4.78 is 4.75. The third-order valence-corrected chi connectivity index (χ3v) is 3.49. The number of nitrogens with zero attached hydrogens (tertiary/aromatic N) is 2. The molecular formula is C14H16ClN2O4-. The smallest absolute Gasteiger partial charge is 0.248 e. The number of carbonyl (C=O) groups excluding carboxylic acids is 2. The number of benzene rings is 1. The van der Waals surface area contributed by atoms with E-state index in [1.807, 2.05) is 24.3 Å². The molecule has 1 saturated heterocycles. The minimum atomic E-state index is -1.33. The minimum Gasteiger partial charge on any atom is -0.548 e. The Morgan fingerprint density at radius 3 is 2.52 bits per heavy atom. The highest BCUT2D eigenvalue weighted by Gasteiger charge is 2.21. The van der Waals surface area contributed by atoms with Crippen molar-refractivity contribution in [3.05, 3.63) is 29.3 Å². The van der Waals surface area contributed by atoms with Crippen molar-refractivity contribution in [2.75, 3.05) is 44.3 Å². The van der Waals surface area contributed by atoms with Gasteiger partial charge in [-0.05, 0) is 18.2 Å². The lowest BCUT2D eigenvalue weighted by molar-refractivity contribution is -0.309. The first-order valence-corrected chi connectivity index (χ1v) is 7.00. The van der Waals surface area contributed by atoms with Crippen LogP contribution in [0.5, 0.6) is 0 Å². The van der Waals surface area contributed by atoms with E-state index in [1.165, 1.54) is 0 Å². The standard InChI is InChI=1S/C14H17ClN2O4/c15-11-2-1-3-12(8-11)16-4-6-17(7-5-16)13(18)9-21-10-14(19)20/h1-3,8H,4-7,9-10H2,(H,19,20)/p-1. The molecule has 0 N–H and O–H groups in total. The van der Waals surface area contributed by atoms with Gasteiger partial charge in [0.15, 0.2) is 0 Å². The molecule has 0 radical (unpaired) electrons. The van der Waals surface area contributed by atoms with Crippen molar-refractivity contribution in [1.82, 2.24) is 4.90 Å². The zero-order chi connectivity index (χ0) is 15.2. The first-order chi connectivity index (χ1) is 10.1. The molecule has 2 rings (SSSR count). The molecule has 6 nitrogen and oxygen atoms in total. The third-order valence-electron chi connectivity index (χ3n) is 3.25. The first kappa shape index (κ1) is 15.6. The van der Waals surface area contributed by atoms with Crippen molar-refractivity contribution in [2.24, 2.45) is 0 Å². The average molecular weight is 312 g/mol. The summed E-state index contributed by atoms with van der Waals surface area (Å²) in [5, 5.41) is 10.9. The molecule has 0 saturated carbocycles. The summed E-state index contributed by atoms with van der Waals surface area (Å²) in [6.45, 7) is 1.75. The van der Waals surface area contributed by atoms with Gasteiger partial charge in [0.25, 0.3) is 0 Å². The van der Waals surface area contributed by atoms with Crippen molar-refractivity contribution < 1.29 is 19.4 Å². The van der Waals surface area contributed by atoms with Gasteiger partial charge in [-0.15, -0.1) is 0 Å². The number of carboxylic acid groups (broad SMARTS) is 1. The quantitative estimate of drug-likeness (QED) is 0.750. The van der Waals surface area contributed by atoms with Crippen LogP contribution in [0.1, 0.15) is 0 Å². The normalized spacial score (nSPS) is 15.1. The summed E-state index contributed by atoms with van der Waals surface area (Å²) in [4.78, 5) is 25.8. The van der Waals surface area contributed by atoms with Crippen LogP contribution in [0.3, 0.4) is 0 Å². The minimum absolute atomic E-state index is 0.206. The number of rotatable bonds is 5. The van der Waals surface area contributed by atoms with Gasteiger partial charge in [-0.25, -0.2) is 0 Å². The number of piperazine rings is 1. The molecule has 1 amide bonds. The zero-order valence-corrected chi connectivity index (χ0v) is 12.2. The molecule has 21 heavy (non-hydrogen) atoms. The molecular weight excluding hydrogens is 296 g/mol. The lowest BCUT2D eigenvalue weighted by Crippen LogP contribution is -2.50. The number of amides is 1. The fraction of sp³-hybridized carbons (Fsp3) is 0.429. The van der Waals surface area contributed by atoms with E-state index in [0.29, 0.717) is 31.2 Å². The number of halogens is 1. The van der Waals surface area contributed by atoms with Crippen molar-refractivity contribution in [3.63, 3.8) is 0 Å². The zero-order valence-electron chi connectivity index (χ0n) is 11.5. The van der Waals surface area contributed by atoms with Gasteiger partial charge in [0.1, 0.15) is 6.61 Å². The maximum absolute atomic E-state index is 11.8. The Labute approximate surface area is 127 Å². The lowest BCUT2D eigenvalue weighted by Gasteiger charge is -2.36. The predicted octanol–water partition coefficient (Wildman–Crippen LogP) is -0.245. The molecule has 0 spiro atoms. The largest absolute Gasteiger partial charge is 0.548 e. The van der Waals surface area contributed by atoms with Gasteiger partial charge in [-0.1, -0.05) is 17.7 Å². The second-order valence-corrected chi connectivity index (χ2v) is 5.15. The van der Waals surface area contributed by atoms with E-state index >= 15 is 0 Å². The molecule has 1 fully saturated rings. The topological polar surface area (TPSA) is 72.9 Å². The third kappa shape index (κ3) is 4.61. The van der Waals surface area contributed by atoms with E-state index in [-0.39, 0.29) is 12.5 Å². The maximum Gasteiger partial charge on any atom is 0.248 e. The Hall–Kier alpha value is -1.79. The summed E-state index contributed by atoms with van der Waals surface area (Å²) >= 11 is 5.97. The Morgan fingerprint density at radius 1 is 1.19 bits per heavy atom. The summed E-state index contributed by atoms with van der Waals surface area (Å²) in [6.07, 6.45) is 0. The van der Waals surface area contributed by atoms with Gasteiger partial charge >= 0.3 is 0 Å². The van der Waals surface area contributed by atoms with Crippen molar-refractivity contribution in [3.8, 4) is 0 Å². The number of carbonyl (C=O) groups is 2. The van der Waals surface area contributed by atoms with E-state index in [0.717, 1.165) is 5.69 Å². The highest BCUT2D eigenvalue weighted by molar-refractivity contribution is 6.30. The monoisotopic (exact) mass is 311 g/mol. The van der Waals surface area contributed by atoms with Crippen molar-refractivity contribution in [1.29, 1.82) is 0 Å². The van der Waals surface area contributed by atoms with Crippen LogP contribution < -0.4 is 10.0 Å². The lowest BCUT2D eigenvalue weighted by atomic mass is 10.2. The molecule has 114 valence electrons. The number of aliphatic carboxylic acids is 1. The van der Waals surface area contributed by atoms with Gasteiger partial charge in [0, 0.05) is 36.9 Å². The highest BCUT2D eigenvalue weighted by Crippen LogP contribution is 2.20. The van der Waals surface area contributed by atoms with Gasteiger partial charge in [-0.2, -0.15) is 0 Å². The van der Waals surface area contributed by atoms with E-state index in [4.69, 9.17) is 16.3 Å². The number of hydrogen-bond donors (Lipinski definition) is 0. The van der Waals surface area contributed by atoms with Crippen LogP contribution in [-0.4, -0.2) is 56.2 Å². The van der Waals surface area contributed by atoms with E-state index in [1.54, 1.807) is 4.90 Å². The molecule has 1 heterocycles. The van der Waals surface area contributed by atoms with E-state index in [9.17, 15) is 14.7 Å². The molecule has 1 aromatic carbocycles. The van der Waals surface area contributed by atoms with Crippen LogP contribution in [0.4, 0.5) is 5.69 Å². The van der Waals surface area contributed by atoms with Gasteiger partial charge < -0.3 is 24.4 Å². The molecule has 0 unspecified atom stereocenters. The second-order valence-electron chi connectivity index (χ2n) is 4.71. The molecule has 7 heteroatoms. The highest BCUT2D eigenvalue weighted by atomic mass is 35.5. The fourth-order valence-electron chi connectivity index (χ4n) is 2.20. The van der Waals surface area contributed by atoms with Crippen molar-refractivity contribution >= 4 is 29.2 Å². The molecule has 1 aromatic rings. The van der Waals surface area contributed by atoms with E-state index < -0.39 is 12.6 Å². The Morgan fingerprint density at radius 2 is 1.90 bits per heavy atom. The molecule has 1 aliphatic rings. The van der Waals surface area contributed by atoms with Crippen LogP contribution in [0.2, 0.25) is 5.02 Å². The number of carboxylic acids is 1. The Kier molecular flexibility index (Phi) is 5.41. The first-order valence-electron chi connectivity index (χ1n) is 6.62. The van der Waals surface area contributed by atoms with Crippen LogP contribution in [0, 0.1) is 0 Å². The van der Waals surface area contributed by atoms with E-state index in [2.05, 4.69) is 4.90 Å². The molecule has 0 bridgehead atoms. The summed E-state index contributed by atoms with van der Waals surface area (Å²) in [5.74, 6) is -1.53. The molecule has 0 aliphatic carbocycles. The average Bonchev–Trinajstić information content (AvgIpc) is 2.47. The molecule has 1 aliphatic heterocycles. The van der Waals surface area contributed by atoms with Crippen LogP contribution >= 0.6 is 11.6 Å². The fourth-order valence-corrected chi connectivity index (χ4v) is 2.38. The molecule has 0 aromatic heterocycles. The number of anilines is 1.